The number of hydrogen-bond acceptors (Lipinski definition) is 2. The number of carbonyl (C=O) groups is 1. The molecular formula is C10H12ClNO2. The van der Waals surface area contributed by atoms with Crippen LogP contribution in [-0.4, -0.2) is 16.6 Å². The van der Waals surface area contributed by atoms with Crippen molar-refractivity contribution < 1.29 is 9.90 Å². The van der Waals surface area contributed by atoms with Gasteiger partial charge in [-0.2, -0.15) is 0 Å². The minimum absolute atomic E-state index is 0.291. The average molecular weight is 214 g/mol. The van der Waals surface area contributed by atoms with Gasteiger partial charge in [0.15, 0.2) is 0 Å². The fraction of sp³-hybridized carbons (Fsp3) is 0.300. The highest BCUT2D eigenvalue weighted by molar-refractivity contribution is 6.30. The second kappa shape index (κ2) is 3.98. The minimum atomic E-state index is -1.23. The Labute approximate surface area is 87.5 Å². The largest absolute Gasteiger partial charge is 0.480 e. The van der Waals surface area contributed by atoms with Gasteiger partial charge in [-0.15, -0.1) is 0 Å². The van der Waals surface area contributed by atoms with Crippen molar-refractivity contribution in [3.05, 3.63) is 34.9 Å². The molecule has 0 unspecified atom stereocenters. The molecular weight excluding hydrogens is 202 g/mol. The number of carboxylic acid groups (broad SMARTS) is 1. The Morgan fingerprint density at radius 1 is 1.50 bits per heavy atom. The van der Waals surface area contributed by atoms with E-state index in [0.717, 1.165) is 5.56 Å². The Morgan fingerprint density at radius 3 is 2.43 bits per heavy atom. The van der Waals surface area contributed by atoms with E-state index in [4.69, 9.17) is 22.4 Å². The molecule has 1 atom stereocenters. The smallest absolute Gasteiger partial charge is 0.323 e. The number of rotatable bonds is 3. The first-order valence-corrected chi connectivity index (χ1v) is 4.56. The first-order valence-electron chi connectivity index (χ1n) is 4.18. The van der Waals surface area contributed by atoms with Crippen molar-refractivity contribution in [2.45, 2.75) is 18.9 Å². The van der Waals surface area contributed by atoms with Gasteiger partial charge in [-0.3, -0.25) is 4.79 Å². The minimum Gasteiger partial charge on any atom is -0.480 e. The number of carboxylic acids is 1. The van der Waals surface area contributed by atoms with Crippen molar-refractivity contribution >= 4 is 17.6 Å². The predicted molar refractivity (Wildman–Crippen MR) is 55.4 cm³/mol. The number of halogens is 1. The molecule has 0 saturated carbocycles. The molecule has 1 rings (SSSR count). The number of nitrogens with two attached hydrogens (primary N) is 1. The number of benzene rings is 1. The summed E-state index contributed by atoms with van der Waals surface area (Å²) in [6.07, 6.45) is 0.291. The van der Waals surface area contributed by atoms with Gasteiger partial charge in [0.05, 0.1) is 0 Å². The van der Waals surface area contributed by atoms with E-state index in [2.05, 4.69) is 0 Å². The van der Waals surface area contributed by atoms with E-state index >= 15 is 0 Å². The van der Waals surface area contributed by atoms with E-state index < -0.39 is 11.5 Å². The maximum Gasteiger partial charge on any atom is 0.323 e. The zero-order valence-electron chi connectivity index (χ0n) is 7.83. The Morgan fingerprint density at radius 2 is 2.00 bits per heavy atom. The van der Waals surface area contributed by atoms with Crippen LogP contribution < -0.4 is 5.73 Å². The highest BCUT2D eigenvalue weighted by Gasteiger charge is 2.27. The summed E-state index contributed by atoms with van der Waals surface area (Å²) in [6, 6.07) is 6.98. The van der Waals surface area contributed by atoms with Gasteiger partial charge in [-0.05, 0) is 24.6 Å². The van der Waals surface area contributed by atoms with E-state index in [1.165, 1.54) is 6.92 Å². The molecule has 0 aliphatic carbocycles. The second-order valence-corrected chi connectivity index (χ2v) is 3.96. The molecule has 0 radical (unpaired) electrons. The van der Waals surface area contributed by atoms with Crippen LogP contribution in [0.5, 0.6) is 0 Å². The summed E-state index contributed by atoms with van der Waals surface area (Å²) < 4.78 is 0. The summed E-state index contributed by atoms with van der Waals surface area (Å²) in [5, 5.41) is 9.43. The molecule has 0 aliphatic rings. The normalized spacial score (nSPS) is 14.8. The van der Waals surface area contributed by atoms with Crippen molar-refractivity contribution in [1.82, 2.24) is 0 Å². The van der Waals surface area contributed by atoms with E-state index in [1.807, 2.05) is 0 Å². The molecule has 3 nitrogen and oxygen atoms in total. The molecule has 0 amide bonds. The zero-order chi connectivity index (χ0) is 10.8. The quantitative estimate of drug-likeness (QED) is 0.803. The fourth-order valence-corrected chi connectivity index (χ4v) is 1.23. The SMILES string of the molecule is C[C@](N)(Cc1ccc(Cl)cc1)C(=O)O. The lowest BCUT2D eigenvalue weighted by Crippen LogP contribution is -2.46. The van der Waals surface area contributed by atoms with E-state index in [-0.39, 0.29) is 0 Å². The van der Waals surface area contributed by atoms with E-state index in [1.54, 1.807) is 24.3 Å². The standard InChI is InChI=1S/C10H12ClNO2/c1-10(12,9(13)14)6-7-2-4-8(11)5-3-7/h2-5H,6,12H2,1H3,(H,13,14)/t10-/m0/s1. The van der Waals surface area contributed by atoms with Crippen LogP contribution in [0.2, 0.25) is 5.02 Å². The molecule has 0 spiro atoms. The lowest BCUT2D eigenvalue weighted by molar-refractivity contribution is -0.142. The molecule has 3 N–H and O–H groups in total. The number of hydrogen-bond donors (Lipinski definition) is 2. The lowest BCUT2D eigenvalue weighted by atomic mass is 9.94. The third-order valence-corrected chi connectivity index (χ3v) is 2.23. The van der Waals surface area contributed by atoms with Crippen LogP contribution in [0.25, 0.3) is 0 Å². The molecule has 0 fully saturated rings. The second-order valence-electron chi connectivity index (χ2n) is 3.53. The van der Waals surface area contributed by atoms with E-state index in [9.17, 15) is 4.79 Å². The lowest BCUT2D eigenvalue weighted by Gasteiger charge is -2.18. The van der Waals surface area contributed by atoms with Gasteiger partial charge in [-0.1, -0.05) is 23.7 Å². The van der Waals surface area contributed by atoms with Crippen LogP contribution in [0.3, 0.4) is 0 Å². The Bertz CT molecular complexity index is 332. The van der Waals surface area contributed by atoms with E-state index in [0.29, 0.717) is 11.4 Å². The summed E-state index contributed by atoms with van der Waals surface area (Å²) in [6.45, 7) is 1.49. The van der Waals surface area contributed by atoms with Gasteiger partial charge >= 0.3 is 5.97 Å². The zero-order valence-corrected chi connectivity index (χ0v) is 8.58. The first kappa shape index (κ1) is 11.0. The van der Waals surface area contributed by atoms with Gasteiger partial charge in [0.1, 0.15) is 5.54 Å². The summed E-state index contributed by atoms with van der Waals surface area (Å²) in [7, 11) is 0. The third kappa shape index (κ3) is 2.72. The molecule has 0 bridgehead atoms. The first-order chi connectivity index (χ1) is 6.42. The van der Waals surface area contributed by atoms with Crippen LogP contribution in [-0.2, 0) is 11.2 Å². The summed E-state index contributed by atoms with van der Waals surface area (Å²) in [5.41, 5.74) is 5.23. The maximum atomic E-state index is 10.7. The fourth-order valence-electron chi connectivity index (χ4n) is 1.10. The topological polar surface area (TPSA) is 63.3 Å². The molecule has 4 heteroatoms. The summed E-state index contributed by atoms with van der Waals surface area (Å²) in [4.78, 5) is 10.7. The highest BCUT2D eigenvalue weighted by atomic mass is 35.5. The van der Waals surface area contributed by atoms with Gasteiger partial charge in [-0.25, -0.2) is 0 Å². The van der Waals surface area contributed by atoms with Gasteiger partial charge in [0, 0.05) is 11.4 Å². The number of aliphatic carboxylic acids is 1. The van der Waals surface area contributed by atoms with Crippen LogP contribution in [0.15, 0.2) is 24.3 Å². The predicted octanol–water partition coefficient (Wildman–Crippen LogP) is 1.68. The Kier molecular flexibility index (Phi) is 3.13. The third-order valence-electron chi connectivity index (χ3n) is 1.97. The molecule has 0 aromatic heterocycles. The van der Waals surface area contributed by atoms with Crippen molar-refractivity contribution in [1.29, 1.82) is 0 Å². The Balaban J connectivity index is 2.79. The Hall–Kier alpha value is -1.06. The van der Waals surface area contributed by atoms with Crippen molar-refractivity contribution in [2.75, 3.05) is 0 Å². The van der Waals surface area contributed by atoms with Crippen molar-refractivity contribution in [2.24, 2.45) is 5.73 Å². The van der Waals surface area contributed by atoms with Gasteiger partial charge in [0.2, 0.25) is 0 Å². The monoisotopic (exact) mass is 213 g/mol. The summed E-state index contributed by atoms with van der Waals surface area (Å²) in [5.74, 6) is -1.01. The molecule has 1 aromatic carbocycles. The van der Waals surface area contributed by atoms with Crippen LogP contribution >= 0.6 is 11.6 Å². The average Bonchev–Trinajstić information content (AvgIpc) is 2.08. The molecule has 0 heterocycles. The molecule has 0 aliphatic heterocycles. The molecule has 76 valence electrons. The molecule has 0 saturated heterocycles. The highest BCUT2D eigenvalue weighted by Crippen LogP contribution is 2.14. The molecule has 14 heavy (non-hydrogen) atoms. The van der Waals surface area contributed by atoms with Gasteiger partial charge < -0.3 is 10.8 Å². The van der Waals surface area contributed by atoms with Crippen LogP contribution in [0.1, 0.15) is 12.5 Å². The van der Waals surface area contributed by atoms with Crippen molar-refractivity contribution in [3.8, 4) is 0 Å². The molecule has 1 aromatic rings. The van der Waals surface area contributed by atoms with Crippen LogP contribution in [0.4, 0.5) is 0 Å². The van der Waals surface area contributed by atoms with Crippen molar-refractivity contribution in [3.63, 3.8) is 0 Å². The van der Waals surface area contributed by atoms with Gasteiger partial charge in [0.25, 0.3) is 0 Å². The maximum absolute atomic E-state index is 10.7. The summed E-state index contributed by atoms with van der Waals surface area (Å²) >= 11 is 5.70. The van der Waals surface area contributed by atoms with Crippen LogP contribution in [0, 0.1) is 0 Å².